The van der Waals surface area contributed by atoms with E-state index in [4.69, 9.17) is 5.73 Å². The van der Waals surface area contributed by atoms with Crippen LogP contribution in [0.3, 0.4) is 0 Å². The van der Waals surface area contributed by atoms with Crippen LogP contribution in [0.4, 0.5) is 0 Å². The maximum atomic E-state index is 13.1. The van der Waals surface area contributed by atoms with Gasteiger partial charge in [0.25, 0.3) is 11.8 Å². The number of primary amides is 1. The molecule has 1 fully saturated rings. The molecular formula is C21H20N4O2S. The number of amides is 2. The standard InChI is InChI=1S/C21H20N4O2S/c22-19(26)18-17-10-15-6-7-16(25(15)21(27)14-8-9-28-12-14)11-24(17)20(23-18)13-4-2-1-3-5-13/h1-5,8-9,12,15-16H,6-7,10-11H2,(H2,22,26)/t15-,16+/m0/s1. The van der Waals surface area contributed by atoms with Gasteiger partial charge in [-0.15, -0.1) is 0 Å². The fourth-order valence-corrected chi connectivity index (χ4v) is 5.17. The molecule has 2 atom stereocenters. The Labute approximate surface area is 166 Å². The number of carbonyl (C=O) groups excluding carboxylic acids is 2. The monoisotopic (exact) mass is 392 g/mol. The summed E-state index contributed by atoms with van der Waals surface area (Å²) in [6.07, 6.45) is 2.49. The number of carbonyl (C=O) groups is 2. The molecule has 1 aromatic carbocycles. The summed E-state index contributed by atoms with van der Waals surface area (Å²) in [7, 11) is 0. The smallest absolute Gasteiger partial charge is 0.269 e. The maximum absolute atomic E-state index is 13.1. The van der Waals surface area contributed by atoms with Crippen molar-refractivity contribution in [2.75, 3.05) is 0 Å². The van der Waals surface area contributed by atoms with Crippen LogP contribution in [0.2, 0.25) is 0 Å². The molecule has 2 aliphatic rings. The number of thiophene rings is 1. The Balaban J connectivity index is 1.59. The van der Waals surface area contributed by atoms with Gasteiger partial charge in [0.05, 0.1) is 17.3 Å². The lowest BCUT2D eigenvalue weighted by atomic mass is 10.1. The van der Waals surface area contributed by atoms with Gasteiger partial charge in [-0.3, -0.25) is 9.59 Å². The van der Waals surface area contributed by atoms with Gasteiger partial charge in [-0.05, 0) is 24.3 Å². The minimum absolute atomic E-state index is 0.0667. The van der Waals surface area contributed by atoms with Crippen LogP contribution in [0.5, 0.6) is 0 Å². The largest absolute Gasteiger partial charge is 0.364 e. The number of imidazole rings is 1. The molecule has 0 radical (unpaired) electrons. The lowest BCUT2D eigenvalue weighted by molar-refractivity contribution is 0.0666. The molecule has 1 saturated heterocycles. The van der Waals surface area contributed by atoms with E-state index in [0.29, 0.717) is 18.7 Å². The molecule has 2 aromatic heterocycles. The quantitative estimate of drug-likeness (QED) is 0.744. The first-order chi connectivity index (χ1) is 13.6. The van der Waals surface area contributed by atoms with Gasteiger partial charge >= 0.3 is 0 Å². The lowest BCUT2D eigenvalue weighted by Gasteiger charge is -2.28. The fourth-order valence-electron chi connectivity index (χ4n) is 4.54. The van der Waals surface area contributed by atoms with Gasteiger partial charge in [0, 0.05) is 30.0 Å². The Kier molecular flexibility index (Phi) is 4.05. The van der Waals surface area contributed by atoms with Gasteiger partial charge in [0.2, 0.25) is 0 Å². The van der Waals surface area contributed by atoms with Crippen molar-refractivity contribution in [1.82, 2.24) is 14.5 Å². The molecule has 0 saturated carbocycles. The number of hydrogen-bond donors (Lipinski definition) is 1. The molecule has 7 heteroatoms. The predicted octanol–water partition coefficient (Wildman–Crippen LogP) is 2.94. The number of aromatic nitrogens is 2. The summed E-state index contributed by atoms with van der Waals surface area (Å²) >= 11 is 1.53. The molecule has 2 amide bonds. The number of rotatable bonds is 3. The van der Waals surface area contributed by atoms with Crippen LogP contribution in [0.15, 0.2) is 47.2 Å². The predicted molar refractivity (Wildman–Crippen MR) is 107 cm³/mol. The highest BCUT2D eigenvalue weighted by Crippen LogP contribution is 2.36. The average molecular weight is 392 g/mol. The molecule has 142 valence electrons. The summed E-state index contributed by atoms with van der Waals surface area (Å²) in [6, 6.07) is 11.9. The molecule has 0 spiro atoms. The number of benzene rings is 1. The number of nitrogens with zero attached hydrogens (tertiary/aromatic N) is 3. The van der Waals surface area contributed by atoms with Crippen LogP contribution < -0.4 is 5.73 Å². The SMILES string of the molecule is NC(=O)c1nc(-c2ccccc2)n2c1C[C@@H]1CC[C@H](C2)N1C(=O)c1ccsc1. The van der Waals surface area contributed by atoms with Crippen molar-refractivity contribution in [1.29, 1.82) is 0 Å². The summed E-state index contributed by atoms with van der Waals surface area (Å²) in [5, 5.41) is 3.83. The van der Waals surface area contributed by atoms with E-state index in [0.717, 1.165) is 35.5 Å². The second-order valence-electron chi connectivity index (χ2n) is 7.39. The normalized spacial score (nSPS) is 20.6. The Hall–Kier alpha value is -2.93. The zero-order valence-corrected chi connectivity index (χ0v) is 16.1. The van der Waals surface area contributed by atoms with E-state index in [1.165, 1.54) is 11.3 Å². The molecule has 2 aliphatic heterocycles. The maximum Gasteiger partial charge on any atom is 0.269 e. The third-order valence-electron chi connectivity index (χ3n) is 5.78. The van der Waals surface area contributed by atoms with Crippen LogP contribution >= 0.6 is 11.3 Å². The van der Waals surface area contributed by atoms with Gasteiger partial charge in [-0.2, -0.15) is 11.3 Å². The average Bonchev–Trinajstić information content (AvgIpc) is 3.40. The fraction of sp³-hybridized carbons (Fsp3) is 0.286. The number of hydrogen-bond acceptors (Lipinski definition) is 4. The van der Waals surface area contributed by atoms with E-state index in [1.807, 2.05) is 52.1 Å². The highest BCUT2D eigenvalue weighted by molar-refractivity contribution is 7.08. The van der Waals surface area contributed by atoms with Crippen molar-refractivity contribution < 1.29 is 9.59 Å². The molecule has 28 heavy (non-hydrogen) atoms. The van der Waals surface area contributed by atoms with Crippen molar-refractivity contribution in [2.24, 2.45) is 5.73 Å². The summed E-state index contributed by atoms with van der Waals surface area (Å²) in [6.45, 7) is 0.631. The first-order valence-electron chi connectivity index (χ1n) is 9.43. The molecule has 0 unspecified atom stereocenters. The first-order valence-corrected chi connectivity index (χ1v) is 10.4. The molecule has 2 bridgehead atoms. The summed E-state index contributed by atoms with van der Waals surface area (Å²) < 4.78 is 2.10. The zero-order valence-electron chi connectivity index (χ0n) is 15.2. The van der Waals surface area contributed by atoms with Crippen molar-refractivity contribution in [3.8, 4) is 11.4 Å². The van der Waals surface area contributed by atoms with E-state index in [2.05, 4.69) is 9.55 Å². The van der Waals surface area contributed by atoms with E-state index in [9.17, 15) is 9.59 Å². The topological polar surface area (TPSA) is 81.2 Å². The van der Waals surface area contributed by atoms with Gasteiger partial charge in [-0.1, -0.05) is 30.3 Å². The molecule has 2 N–H and O–H groups in total. The summed E-state index contributed by atoms with van der Waals surface area (Å²) in [5.74, 6) is 0.314. The van der Waals surface area contributed by atoms with Gasteiger partial charge in [0.1, 0.15) is 11.5 Å². The molecule has 6 nitrogen and oxygen atoms in total. The van der Waals surface area contributed by atoms with Crippen molar-refractivity contribution in [3.05, 3.63) is 64.1 Å². The van der Waals surface area contributed by atoms with Crippen LogP contribution in [0.25, 0.3) is 11.4 Å². The molecule has 4 heterocycles. The minimum Gasteiger partial charge on any atom is -0.364 e. The van der Waals surface area contributed by atoms with Gasteiger partial charge < -0.3 is 15.2 Å². The van der Waals surface area contributed by atoms with Crippen molar-refractivity contribution in [2.45, 2.75) is 37.9 Å². The van der Waals surface area contributed by atoms with Crippen LogP contribution in [-0.2, 0) is 13.0 Å². The molecule has 5 rings (SSSR count). The van der Waals surface area contributed by atoms with E-state index in [-0.39, 0.29) is 18.0 Å². The Morgan fingerprint density at radius 3 is 2.61 bits per heavy atom. The summed E-state index contributed by atoms with van der Waals surface area (Å²) in [5.41, 5.74) is 8.52. The van der Waals surface area contributed by atoms with Gasteiger partial charge in [-0.25, -0.2) is 4.98 Å². The van der Waals surface area contributed by atoms with Crippen molar-refractivity contribution in [3.63, 3.8) is 0 Å². The Morgan fingerprint density at radius 2 is 1.89 bits per heavy atom. The lowest BCUT2D eigenvalue weighted by Crippen LogP contribution is -2.42. The highest BCUT2D eigenvalue weighted by atomic mass is 32.1. The third-order valence-corrected chi connectivity index (χ3v) is 6.47. The van der Waals surface area contributed by atoms with Crippen LogP contribution in [0.1, 0.15) is 39.4 Å². The number of fused-ring (bicyclic) bond motifs is 3. The Bertz CT molecular complexity index is 1040. The van der Waals surface area contributed by atoms with Crippen molar-refractivity contribution >= 4 is 23.2 Å². The minimum atomic E-state index is -0.514. The molecule has 0 aliphatic carbocycles. The second kappa shape index (κ2) is 6.60. The van der Waals surface area contributed by atoms with Crippen LogP contribution in [0, 0.1) is 0 Å². The van der Waals surface area contributed by atoms with E-state index < -0.39 is 5.91 Å². The molecule has 3 aromatic rings. The van der Waals surface area contributed by atoms with E-state index >= 15 is 0 Å². The van der Waals surface area contributed by atoms with Crippen LogP contribution in [-0.4, -0.2) is 38.3 Å². The number of nitrogens with two attached hydrogens (primary N) is 1. The third kappa shape index (κ3) is 2.65. The summed E-state index contributed by atoms with van der Waals surface area (Å²) in [4.78, 5) is 31.9. The molecular weight excluding hydrogens is 372 g/mol. The zero-order chi connectivity index (χ0) is 19.3. The van der Waals surface area contributed by atoms with Gasteiger partial charge in [0.15, 0.2) is 0 Å². The first kappa shape index (κ1) is 17.2. The second-order valence-corrected chi connectivity index (χ2v) is 8.17. The van der Waals surface area contributed by atoms with E-state index in [1.54, 1.807) is 0 Å². The highest BCUT2D eigenvalue weighted by Gasteiger charge is 2.42. The Morgan fingerprint density at radius 1 is 1.11 bits per heavy atom.